The highest BCUT2D eigenvalue weighted by molar-refractivity contribution is 5.72. The van der Waals surface area contributed by atoms with Crippen molar-refractivity contribution in [3.8, 4) is 0 Å². The van der Waals surface area contributed by atoms with Gasteiger partial charge in [-0.2, -0.15) is 0 Å². The van der Waals surface area contributed by atoms with Crippen molar-refractivity contribution in [1.29, 1.82) is 0 Å². The molecule has 1 heterocycles. The highest BCUT2D eigenvalue weighted by Crippen LogP contribution is 2.39. The SMILES string of the molecule is CCC1CCC2CCN(C(N)=O)CC2C1. The molecule has 3 unspecified atom stereocenters. The molecule has 15 heavy (non-hydrogen) atoms. The molecule has 2 amide bonds. The molecular formula is C12H22N2O. The molecule has 2 aliphatic rings. The van der Waals surface area contributed by atoms with Crippen molar-refractivity contribution < 1.29 is 4.79 Å². The van der Waals surface area contributed by atoms with E-state index in [9.17, 15) is 4.79 Å². The maximum atomic E-state index is 11.1. The van der Waals surface area contributed by atoms with E-state index < -0.39 is 0 Å². The van der Waals surface area contributed by atoms with Crippen LogP contribution in [-0.2, 0) is 0 Å². The summed E-state index contributed by atoms with van der Waals surface area (Å²) in [4.78, 5) is 13.0. The monoisotopic (exact) mass is 210 g/mol. The van der Waals surface area contributed by atoms with Gasteiger partial charge in [-0.3, -0.25) is 0 Å². The highest BCUT2D eigenvalue weighted by Gasteiger charge is 2.35. The molecule has 0 aromatic carbocycles. The first-order valence-corrected chi connectivity index (χ1v) is 6.25. The van der Waals surface area contributed by atoms with Crippen molar-refractivity contribution in [2.75, 3.05) is 13.1 Å². The number of nitrogens with zero attached hydrogens (tertiary/aromatic N) is 1. The molecule has 1 saturated heterocycles. The van der Waals surface area contributed by atoms with E-state index in [1.807, 2.05) is 4.90 Å². The molecule has 3 heteroatoms. The topological polar surface area (TPSA) is 46.3 Å². The van der Waals surface area contributed by atoms with E-state index in [2.05, 4.69) is 6.92 Å². The number of amides is 2. The molecule has 0 spiro atoms. The number of carbonyl (C=O) groups is 1. The largest absolute Gasteiger partial charge is 0.351 e. The average Bonchev–Trinajstić information content (AvgIpc) is 2.27. The molecule has 3 nitrogen and oxygen atoms in total. The first-order chi connectivity index (χ1) is 7.20. The summed E-state index contributed by atoms with van der Waals surface area (Å²) in [6, 6.07) is -0.230. The highest BCUT2D eigenvalue weighted by atomic mass is 16.2. The van der Waals surface area contributed by atoms with E-state index in [0.29, 0.717) is 0 Å². The van der Waals surface area contributed by atoms with Crippen molar-refractivity contribution in [2.45, 2.75) is 39.0 Å². The second-order valence-corrected chi connectivity index (χ2v) is 5.18. The van der Waals surface area contributed by atoms with Crippen molar-refractivity contribution in [3.05, 3.63) is 0 Å². The van der Waals surface area contributed by atoms with E-state index in [-0.39, 0.29) is 6.03 Å². The van der Waals surface area contributed by atoms with E-state index in [0.717, 1.165) is 30.8 Å². The van der Waals surface area contributed by atoms with Gasteiger partial charge in [-0.05, 0) is 37.0 Å². The van der Waals surface area contributed by atoms with Gasteiger partial charge in [0.1, 0.15) is 0 Å². The summed E-state index contributed by atoms with van der Waals surface area (Å²) in [5.74, 6) is 2.48. The predicted molar refractivity (Wildman–Crippen MR) is 60.4 cm³/mol. The Morgan fingerprint density at radius 2 is 2.13 bits per heavy atom. The van der Waals surface area contributed by atoms with Gasteiger partial charge in [-0.15, -0.1) is 0 Å². The fraction of sp³-hybridized carbons (Fsp3) is 0.917. The third kappa shape index (κ3) is 2.27. The second-order valence-electron chi connectivity index (χ2n) is 5.18. The third-order valence-corrected chi connectivity index (χ3v) is 4.36. The second kappa shape index (κ2) is 4.42. The summed E-state index contributed by atoms with van der Waals surface area (Å²) in [6.45, 7) is 4.07. The fourth-order valence-corrected chi connectivity index (χ4v) is 3.29. The predicted octanol–water partition coefficient (Wildman–Crippen LogP) is 2.21. The first kappa shape index (κ1) is 10.8. The zero-order valence-electron chi connectivity index (χ0n) is 9.61. The summed E-state index contributed by atoms with van der Waals surface area (Å²) in [5, 5.41) is 0. The van der Waals surface area contributed by atoms with Gasteiger partial charge in [0.15, 0.2) is 0 Å². The lowest BCUT2D eigenvalue weighted by Crippen LogP contribution is -2.47. The van der Waals surface area contributed by atoms with Crippen LogP contribution in [0, 0.1) is 17.8 Å². The number of primary amides is 1. The van der Waals surface area contributed by atoms with Crippen molar-refractivity contribution in [3.63, 3.8) is 0 Å². The molecule has 0 aromatic heterocycles. The number of fused-ring (bicyclic) bond motifs is 1. The Kier molecular flexibility index (Phi) is 3.17. The Hall–Kier alpha value is -0.730. The minimum Gasteiger partial charge on any atom is -0.351 e. The van der Waals surface area contributed by atoms with Crippen molar-refractivity contribution >= 4 is 6.03 Å². The molecule has 0 aromatic rings. The number of hydrogen-bond acceptors (Lipinski definition) is 1. The third-order valence-electron chi connectivity index (χ3n) is 4.36. The van der Waals surface area contributed by atoms with Gasteiger partial charge in [0.05, 0.1) is 0 Å². The molecular weight excluding hydrogens is 188 g/mol. The Balaban J connectivity index is 1.94. The molecule has 2 fully saturated rings. The van der Waals surface area contributed by atoms with Gasteiger partial charge >= 0.3 is 6.03 Å². The summed E-state index contributed by atoms with van der Waals surface area (Å²) in [7, 11) is 0. The minimum absolute atomic E-state index is 0.230. The number of carbonyl (C=O) groups excluding carboxylic acids is 1. The van der Waals surface area contributed by atoms with Crippen LogP contribution in [-0.4, -0.2) is 24.0 Å². The summed E-state index contributed by atoms with van der Waals surface area (Å²) >= 11 is 0. The number of rotatable bonds is 1. The lowest BCUT2D eigenvalue weighted by atomic mass is 9.70. The van der Waals surface area contributed by atoms with E-state index in [1.165, 1.54) is 32.1 Å². The van der Waals surface area contributed by atoms with Gasteiger partial charge in [0, 0.05) is 13.1 Å². The first-order valence-electron chi connectivity index (χ1n) is 6.25. The summed E-state index contributed by atoms with van der Waals surface area (Å²) in [5.41, 5.74) is 5.34. The van der Waals surface area contributed by atoms with Gasteiger partial charge in [-0.25, -0.2) is 4.79 Å². The van der Waals surface area contributed by atoms with Gasteiger partial charge in [0.2, 0.25) is 0 Å². The van der Waals surface area contributed by atoms with Crippen LogP contribution in [0.3, 0.4) is 0 Å². The standard InChI is InChI=1S/C12H22N2O/c1-2-9-3-4-10-5-6-14(12(13)15)8-11(10)7-9/h9-11H,2-8H2,1H3,(H2,13,15). The van der Waals surface area contributed by atoms with Crippen LogP contribution in [0.25, 0.3) is 0 Å². The van der Waals surface area contributed by atoms with E-state index in [1.54, 1.807) is 0 Å². The van der Waals surface area contributed by atoms with Crippen LogP contribution in [0.2, 0.25) is 0 Å². The lowest BCUT2D eigenvalue weighted by molar-refractivity contribution is 0.0818. The van der Waals surface area contributed by atoms with E-state index >= 15 is 0 Å². The van der Waals surface area contributed by atoms with Crippen LogP contribution in [0.5, 0.6) is 0 Å². The van der Waals surface area contributed by atoms with Crippen LogP contribution in [0.4, 0.5) is 4.79 Å². The minimum atomic E-state index is -0.230. The maximum absolute atomic E-state index is 11.1. The van der Waals surface area contributed by atoms with Gasteiger partial charge < -0.3 is 10.6 Å². The Morgan fingerprint density at radius 1 is 1.33 bits per heavy atom. The fourth-order valence-electron chi connectivity index (χ4n) is 3.29. The normalized spacial score (nSPS) is 36.1. The zero-order valence-corrected chi connectivity index (χ0v) is 9.61. The quantitative estimate of drug-likeness (QED) is 0.708. The molecule has 2 N–H and O–H groups in total. The number of urea groups is 1. The van der Waals surface area contributed by atoms with E-state index in [4.69, 9.17) is 5.73 Å². The maximum Gasteiger partial charge on any atom is 0.314 e. The summed E-state index contributed by atoms with van der Waals surface area (Å²) in [6.07, 6.45) is 6.54. The average molecular weight is 210 g/mol. The zero-order chi connectivity index (χ0) is 10.8. The molecule has 0 bridgehead atoms. The van der Waals surface area contributed by atoms with Crippen molar-refractivity contribution in [1.82, 2.24) is 4.90 Å². The Labute approximate surface area is 92.0 Å². The van der Waals surface area contributed by atoms with Crippen LogP contribution in [0.15, 0.2) is 0 Å². The molecule has 1 aliphatic carbocycles. The van der Waals surface area contributed by atoms with Crippen LogP contribution in [0.1, 0.15) is 39.0 Å². The molecule has 3 atom stereocenters. The number of hydrogen-bond donors (Lipinski definition) is 1. The number of likely N-dealkylation sites (tertiary alicyclic amines) is 1. The van der Waals surface area contributed by atoms with Gasteiger partial charge in [0.25, 0.3) is 0 Å². The lowest BCUT2D eigenvalue weighted by Gasteiger charge is -2.43. The summed E-state index contributed by atoms with van der Waals surface area (Å²) < 4.78 is 0. The Morgan fingerprint density at radius 3 is 2.80 bits per heavy atom. The van der Waals surface area contributed by atoms with Crippen molar-refractivity contribution in [2.24, 2.45) is 23.5 Å². The van der Waals surface area contributed by atoms with Gasteiger partial charge in [-0.1, -0.05) is 19.8 Å². The Bertz CT molecular complexity index is 242. The molecule has 2 rings (SSSR count). The molecule has 1 saturated carbocycles. The van der Waals surface area contributed by atoms with Crippen LogP contribution < -0.4 is 5.73 Å². The van der Waals surface area contributed by atoms with Crippen LogP contribution >= 0.6 is 0 Å². The smallest absolute Gasteiger partial charge is 0.314 e. The molecule has 1 aliphatic heterocycles. The number of nitrogens with two attached hydrogens (primary N) is 1. The number of piperidine rings is 1. The molecule has 86 valence electrons. The molecule has 0 radical (unpaired) electrons.